The fourth-order valence-electron chi connectivity index (χ4n) is 2.20. The third-order valence-electron chi connectivity index (χ3n) is 3.45. The molecule has 1 heterocycles. The fourth-order valence-corrected chi connectivity index (χ4v) is 2.59. The fraction of sp³-hybridized carbons (Fsp3) is 0.125. The molecule has 4 nitrogen and oxygen atoms in total. The predicted octanol–water partition coefficient (Wildman–Crippen LogP) is 3.39. The Labute approximate surface area is 131 Å². The number of aromatic nitrogens is 3. The van der Waals surface area contributed by atoms with Crippen LogP contribution < -0.4 is 5.73 Å². The Balaban J connectivity index is 2.01. The van der Waals surface area contributed by atoms with Gasteiger partial charge in [-0.1, -0.05) is 51.5 Å². The van der Waals surface area contributed by atoms with Crippen molar-refractivity contribution < 1.29 is 0 Å². The molecule has 1 atom stereocenters. The molecule has 0 amide bonds. The Morgan fingerprint density at radius 3 is 2.62 bits per heavy atom. The normalized spacial score (nSPS) is 12.3. The predicted molar refractivity (Wildman–Crippen MR) is 86.3 cm³/mol. The van der Waals surface area contributed by atoms with Crippen LogP contribution in [0.5, 0.6) is 0 Å². The smallest absolute Gasteiger partial charge is 0.0858 e. The first-order chi connectivity index (χ1) is 10.2. The Hall–Kier alpha value is -1.98. The van der Waals surface area contributed by atoms with Crippen molar-refractivity contribution in [3.63, 3.8) is 0 Å². The zero-order valence-corrected chi connectivity index (χ0v) is 13.2. The van der Waals surface area contributed by atoms with Gasteiger partial charge in [-0.15, -0.1) is 5.10 Å². The second-order valence-corrected chi connectivity index (χ2v) is 5.75. The van der Waals surface area contributed by atoms with Gasteiger partial charge >= 0.3 is 0 Å². The van der Waals surface area contributed by atoms with Crippen LogP contribution in [0.1, 0.15) is 22.9 Å². The molecule has 0 saturated heterocycles. The van der Waals surface area contributed by atoms with E-state index in [-0.39, 0.29) is 6.04 Å². The van der Waals surface area contributed by atoms with E-state index in [1.54, 1.807) is 10.9 Å². The number of nitrogens with zero attached hydrogens (tertiary/aromatic N) is 3. The lowest BCUT2D eigenvalue weighted by Crippen LogP contribution is -2.16. The van der Waals surface area contributed by atoms with Crippen LogP contribution in [0, 0.1) is 6.92 Å². The minimum atomic E-state index is -0.280. The van der Waals surface area contributed by atoms with Gasteiger partial charge in [0.05, 0.1) is 23.6 Å². The van der Waals surface area contributed by atoms with Gasteiger partial charge in [0.2, 0.25) is 0 Å². The largest absolute Gasteiger partial charge is 0.319 e. The Morgan fingerprint density at radius 2 is 1.90 bits per heavy atom. The molecular formula is C16H15BrN4. The number of halogens is 1. The SMILES string of the molecule is Cc1ccc(C(N)c2cnnn2-c2ccccc2)cc1Br. The zero-order valence-electron chi connectivity index (χ0n) is 11.6. The van der Waals surface area contributed by atoms with Gasteiger partial charge in [0, 0.05) is 4.47 Å². The maximum Gasteiger partial charge on any atom is 0.0858 e. The second-order valence-electron chi connectivity index (χ2n) is 4.89. The van der Waals surface area contributed by atoms with Gasteiger partial charge in [-0.3, -0.25) is 0 Å². The number of aryl methyl sites for hydroxylation is 1. The van der Waals surface area contributed by atoms with Crippen molar-refractivity contribution in [2.45, 2.75) is 13.0 Å². The van der Waals surface area contributed by atoms with E-state index in [1.807, 2.05) is 42.5 Å². The molecule has 2 aromatic carbocycles. The van der Waals surface area contributed by atoms with E-state index < -0.39 is 0 Å². The molecule has 5 heteroatoms. The van der Waals surface area contributed by atoms with E-state index >= 15 is 0 Å². The molecule has 0 aliphatic heterocycles. The van der Waals surface area contributed by atoms with Crippen LogP contribution in [0.4, 0.5) is 0 Å². The highest BCUT2D eigenvalue weighted by atomic mass is 79.9. The highest BCUT2D eigenvalue weighted by Crippen LogP contribution is 2.25. The van der Waals surface area contributed by atoms with E-state index in [2.05, 4.69) is 39.2 Å². The van der Waals surface area contributed by atoms with Crippen molar-refractivity contribution >= 4 is 15.9 Å². The number of para-hydroxylation sites is 1. The molecule has 0 saturated carbocycles. The van der Waals surface area contributed by atoms with Crippen molar-refractivity contribution in [3.05, 3.63) is 76.0 Å². The van der Waals surface area contributed by atoms with Gasteiger partial charge in [-0.25, -0.2) is 4.68 Å². The van der Waals surface area contributed by atoms with Crippen LogP contribution in [0.2, 0.25) is 0 Å². The number of benzene rings is 2. The van der Waals surface area contributed by atoms with E-state index in [9.17, 15) is 0 Å². The van der Waals surface area contributed by atoms with E-state index in [0.717, 1.165) is 21.4 Å². The minimum absolute atomic E-state index is 0.280. The van der Waals surface area contributed by atoms with E-state index in [1.165, 1.54) is 5.56 Å². The molecular weight excluding hydrogens is 328 g/mol. The Kier molecular flexibility index (Phi) is 3.86. The average Bonchev–Trinajstić information content (AvgIpc) is 2.99. The third kappa shape index (κ3) is 2.75. The highest BCUT2D eigenvalue weighted by Gasteiger charge is 2.16. The van der Waals surface area contributed by atoms with Gasteiger partial charge < -0.3 is 5.73 Å². The first kappa shape index (κ1) is 14.0. The van der Waals surface area contributed by atoms with Gasteiger partial charge in [-0.2, -0.15) is 0 Å². The first-order valence-electron chi connectivity index (χ1n) is 6.64. The number of rotatable bonds is 3. The maximum absolute atomic E-state index is 6.40. The van der Waals surface area contributed by atoms with Gasteiger partial charge in [0.25, 0.3) is 0 Å². The lowest BCUT2D eigenvalue weighted by atomic mass is 10.0. The molecule has 3 aromatic rings. The van der Waals surface area contributed by atoms with Gasteiger partial charge in [-0.05, 0) is 36.2 Å². The Morgan fingerprint density at radius 1 is 1.14 bits per heavy atom. The number of hydrogen-bond donors (Lipinski definition) is 1. The molecule has 0 radical (unpaired) electrons. The van der Waals surface area contributed by atoms with E-state index in [0.29, 0.717) is 0 Å². The standard InChI is InChI=1S/C16H15BrN4/c1-11-7-8-12(9-14(11)17)16(18)15-10-19-20-21(15)13-5-3-2-4-6-13/h2-10,16H,18H2,1H3. The average molecular weight is 343 g/mol. The Bertz CT molecular complexity index is 752. The van der Waals surface area contributed by atoms with Crippen LogP contribution in [-0.2, 0) is 0 Å². The quantitative estimate of drug-likeness (QED) is 0.793. The van der Waals surface area contributed by atoms with Crippen molar-refractivity contribution in [1.29, 1.82) is 0 Å². The molecule has 1 unspecified atom stereocenters. The van der Waals surface area contributed by atoms with Crippen LogP contribution in [-0.4, -0.2) is 15.0 Å². The lowest BCUT2D eigenvalue weighted by molar-refractivity contribution is 0.719. The maximum atomic E-state index is 6.40. The van der Waals surface area contributed by atoms with Crippen LogP contribution in [0.3, 0.4) is 0 Å². The summed E-state index contributed by atoms with van der Waals surface area (Å²) >= 11 is 3.55. The molecule has 0 aliphatic carbocycles. The monoisotopic (exact) mass is 342 g/mol. The number of hydrogen-bond acceptors (Lipinski definition) is 3. The number of nitrogens with two attached hydrogens (primary N) is 1. The summed E-state index contributed by atoms with van der Waals surface area (Å²) in [5.74, 6) is 0. The summed E-state index contributed by atoms with van der Waals surface area (Å²) in [6.07, 6.45) is 1.71. The van der Waals surface area contributed by atoms with Crippen LogP contribution >= 0.6 is 15.9 Å². The summed E-state index contributed by atoms with van der Waals surface area (Å²) in [6, 6.07) is 15.7. The summed E-state index contributed by atoms with van der Waals surface area (Å²) in [4.78, 5) is 0. The van der Waals surface area contributed by atoms with Gasteiger partial charge in [0.15, 0.2) is 0 Å². The molecule has 0 spiro atoms. The summed E-state index contributed by atoms with van der Waals surface area (Å²) in [5, 5.41) is 8.15. The third-order valence-corrected chi connectivity index (χ3v) is 4.30. The van der Waals surface area contributed by atoms with Crippen LogP contribution in [0.15, 0.2) is 59.2 Å². The van der Waals surface area contributed by atoms with E-state index in [4.69, 9.17) is 5.73 Å². The van der Waals surface area contributed by atoms with Crippen LogP contribution in [0.25, 0.3) is 5.69 Å². The molecule has 0 bridgehead atoms. The molecule has 0 fully saturated rings. The molecule has 0 aliphatic rings. The topological polar surface area (TPSA) is 56.7 Å². The van der Waals surface area contributed by atoms with Crippen molar-refractivity contribution in [3.8, 4) is 5.69 Å². The second kappa shape index (κ2) is 5.79. The van der Waals surface area contributed by atoms with Crippen molar-refractivity contribution in [1.82, 2.24) is 15.0 Å². The molecule has 3 rings (SSSR count). The van der Waals surface area contributed by atoms with Crippen molar-refractivity contribution in [2.24, 2.45) is 5.73 Å². The first-order valence-corrected chi connectivity index (χ1v) is 7.44. The molecule has 2 N–H and O–H groups in total. The molecule has 21 heavy (non-hydrogen) atoms. The summed E-state index contributed by atoms with van der Waals surface area (Å²) in [5.41, 5.74) is 10.4. The summed E-state index contributed by atoms with van der Waals surface area (Å²) in [6.45, 7) is 2.05. The highest BCUT2D eigenvalue weighted by molar-refractivity contribution is 9.10. The molecule has 1 aromatic heterocycles. The van der Waals surface area contributed by atoms with Gasteiger partial charge in [0.1, 0.15) is 0 Å². The van der Waals surface area contributed by atoms with Crippen molar-refractivity contribution in [2.75, 3.05) is 0 Å². The molecule has 106 valence electrons. The lowest BCUT2D eigenvalue weighted by Gasteiger charge is -2.14. The summed E-state index contributed by atoms with van der Waals surface area (Å²) < 4.78 is 2.83. The summed E-state index contributed by atoms with van der Waals surface area (Å²) in [7, 11) is 0. The zero-order chi connectivity index (χ0) is 14.8. The minimum Gasteiger partial charge on any atom is -0.319 e.